The number of halogens is 1. The Bertz CT molecular complexity index is 498. The van der Waals surface area contributed by atoms with Crippen molar-refractivity contribution in [2.45, 2.75) is 32.6 Å². The minimum absolute atomic E-state index is 0.000986. The van der Waals surface area contributed by atoms with Crippen molar-refractivity contribution in [3.8, 4) is 0 Å². The van der Waals surface area contributed by atoms with Gasteiger partial charge in [-0.15, -0.1) is 0 Å². The molecule has 4 nitrogen and oxygen atoms in total. The van der Waals surface area contributed by atoms with Crippen LogP contribution in [0.2, 0.25) is 5.02 Å². The number of hydrogen-bond acceptors (Lipinski definition) is 2. The van der Waals surface area contributed by atoms with Crippen LogP contribution in [0.4, 0.5) is 11.4 Å². The summed E-state index contributed by atoms with van der Waals surface area (Å²) in [6.45, 7) is 1.95. The van der Waals surface area contributed by atoms with Gasteiger partial charge in [0.2, 0.25) is 11.8 Å². The Hall–Kier alpha value is -1.55. The highest BCUT2D eigenvalue weighted by Gasteiger charge is 2.29. The molecular formula is C14H17ClN2O2. The number of carbonyl (C=O) groups is 2. The molecule has 1 aromatic rings. The van der Waals surface area contributed by atoms with Crippen LogP contribution in [0.25, 0.3) is 0 Å². The molecule has 0 unspecified atom stereocenters. The molecule has 0 radical (unpaired) electrons. The maximum atomic E-state index is 11.7. The standard InChI is InChI=1S/C14H17ClN2O2/c1-2-3-13(18)16-10-6-7-11(15)12(8-10)17-14(19)9-4-5-9/h6-9H,2-5H2,1H3,(H,16,18)(H,17,19). The molecule has 1 aliphatic rings. The highest BCUT2D eigenvalue weighted by molar-refractivity contribution is 6.33. The molecule has 1 aliphatic carbocycles. The van der Waals surface area contributed by atoms with Crippen molar-refractivity contribution in [2.24, 2.45) is 5.92 Å². The molecule has 102 valence electrons. The Balaban J connectivity index is 2.05. The first-order chi connectivity index (χ1) is 9.10. The number of nitrogens with one attached hydrogen (secondary N) is 2. The summed E-state index contributed by atoms with van der Waals surface area (Å²) in [7, 11) is 0. The van der Waals surface area contributed by atoms with Gasteiger partial charge in [-0.05, 0) is 37.5 Å². The predicted octanol–water partition coefficient (Wildman–Crippen LogP) is 3.43. The normalized spacial score (nSPS) is 14.0. The molecule has 19 heavy (non-hydrogen) atoms. The van der Waals surface area contributed by atoms with Gasteiger partial charge in [-0.1, -0.05) is 18.5 Å². The number of benzene rings is 1. The van der Waals surface area contributed by atoms with Crippen LogP contribution in [0.5, 0.6) is 0 Å². The van der Waals surface area contributed by atoms with E-state index in [0.717, 1.165) is 19.3 Å². The summed E-state index contributed by atoms with van der Waals surface area (Å²) in [4.78, 5) is 23.2. The molecule has 0 heterocycles. The van der Waals surface area contributed by atoms with Crippen LogP contribution >= 0.6 is 11.6 Å². The van der Waals surface area contributed by atoms with E-state index >= 15 is 0 Å². The lowest BCUT2D eigenvalue weighted by Gasteiger charge is -2.10. The monoisotopic (exact) mass is 280 g/mol. The van der Waals surface area contributed by atoms with E-state index in [9.17, 15) is 9.59 Å². The highest BCUT2D eigenvalue weighted by Crippen LogP contribution is 2.32. The van der Waals surface area contributed by atoms with Gasteiger partial charge in [0.05, 0.1) is 10.7 Å². The molecule has 0 aliphatic heterocycles. The van der Waals surface area contributed by atoms with Gasteiger partial charge in [-0.2, -0.15) is 0 Å². The predicted molar refractivity (Wildman–Crippen MR) is 76.3 cm³/mol. The van der Waals surface area contributed by atoms with Gasteiger partial charge in [-0.3, -0.25) is 9.59 Å². The molecular weight excluding hydrogens is 264 g/mol. The summed E-state index contributed by atoms with van der Waals surface area (Å²) in [6.07, 6.45) is 3.16. The minimum Gasteiger partial charge on any atom is -0.326 e. The molecule has 0 saturated heterocycles. The van der Waals surface area contributed by atoms with Crippen molar-refractivity contribution >= 4 is 34.8 Å². The third-order valence-corrected chi connectivity index (χ3v) is 3.26. The molecule has 2 rings (SSSR count). The maximum Gasteiger partial charge on any atom is 0.227 e. The Morgan fingerprint density at radius 1 is 1.32 bits per heavy atom. The summed E-state index contributed by atoms with van der Waals surface area (Å²) < 4.78 is 0. The van der Waals surface area contributed by atoms with Crippen molar-refractivity contribution < 1.29 is 9.59 Å². The van der Waals surface area contributed by atoms with Crippen LogP contribution in [0.15, 0.2) is 18.2 Å². The van der Waals surface area contributed by atoms with E-state index in [4.69, 9.17) is 11.6 Å². The maximum absolute atomic E-state index is 11.7. The fourth-order valence-corrected chi connectivity index (χ4v) is 1.89. The Morgan fingerprint density at radius 2 is 2.05 bits per heavy atom. The average Bonchev–Trinajstić information content (AvgIpc) is 3.17. The number of carbonyl (C=O) groups excluding carboxylic acids is 2. The summed E-state index contributed by atoms with van der Waals surface area (Å²) in [5.41, 5.74) is 1.20. The molecule has 5 heteroatoms. The van der Waals surface area contributed by atoms with Crippen LogP contribution in [0.3, 0.4) is 0 Å². The number of amides is 2. The van der Waals surface area contributed by atoms with E-state index < -0.39 is 0 Å². The molecule has 0 aromatic heterocycles. The molecule has 1 aromatic carbocycles. The molecule has 0 spiro atoms. The minimum atomic E-state index is -0.0377. The van der Waals surface area contributed by atoms with E-state index in [1.165, 1.54) is 0 Å². The largest absolute Gasteiger partial charge is 0.326 e. The topological polar surface area (TPSA) is 58.2 Å². The molecule has 0 atom stereocenters. The zero-order valence-corrected chi connectivity index (χ0v) is 11.6. The van der Waals surface area contributed by atoms with E-state index in [2.05, 4.69) is 10.6 Å². The molecule has 2 N–H and O–H groups in total. The lowest BCUT2D eigenvalue weighted by molar-refractivity contribution is -0.117. The highest BCUT2D eigenvalue weighted by atomic mass is 35.5. The Labute approximate surface area is 117 Å². The van der Waals surface area contributed by atoms with Crippen molar-refractivity contribution in [3.05, 3.63) is 23.2 Å². The number of anilines is 2. The van der Waals surface area contributed by atoms with E-state index in [1.54, 1.807) is 18.2 Å². The van der Waals surface area contributed by atoms with Crippen molar-refractivity contribution in [2.75, 3.05) is 10.6 Å². The summed E-state index contributed by atoms with van der Waals surface area (Å²) in [6, 6.07) is 5.09. The molecule has 1 fully saturated rings. The smallest absolute Gasteiger partial charge is 0.227 e. The first-order valence-electron chi connectivity index (χ1n) is 6.50. The zero-order chi connectivity index (χ0) is 13.8. The Kier molecular flexibility index (Phi) is 4.43. The zero-order valence-electron chi connectivity index (χ0n) is 10.8. The third kappa shape index (κ3) is 3.96. The fourth-order valence-electron chi connectivity index (χ4n) is 1.73. The van der Waals surface area contributed by atoms with Crippen molar-refractivity contribution in [1.82, 2.24) is 0 Å². The summed E-state index contributed by atoms with van der Waals surface area (Å²) in [5, 5.41) is 6.05. The van der Waals surface area contributed by atoms with E-state index in [-0.39, 0.29) is 17.7 Å². The first-order valence-corrected chi connectivity index (χ1v) is 6.88. The van der Waals surface area contributed by atoms with Gasteiger partial charge in [-0.25, -0.2) is 0 Å². The molecule has 2 amide bonds. The Morgan fingerprint density at radius 3 is 2.68 bits per heavy atom. The average molecular weight is 281 g/mol. The van der Waals surface area contributed by atoms with Gasteiger partial charge in [0, 0.05) is 18.0 Å². The fraction of sp³-hybridized carbons (Fsp3) is 0.429. The number of rotatable bonds is 5. The number of hydrogen-bond donors (Lipinski definition) is 2. The molecule has 1 saturated carbocycles. The first kappa shape index (κ1) is 13.9. The molecule has 0 bridgehead atoms. The van der Waals surface area contributed by atoms with Crippen LogP contribution in [0, 0.1) is 5.92 Å². The summed E-state index contributed by atoms with van der Waals surface area (Å²) >= 11 is 6.04. The van der Waals surface area contributed by atoms with Crippen LogP contribution < -0.4 is 10.6 Å². The second kappa shape index (κ2) is 6.06. The SMILES string of the molecule is CCCC(=O)Nc1ccc(Cl)c(NC(=O)C2CC2)c1. The van der Waals surface area contributed by atoms with E-state index in [1.807, 2.05) is 6.92 Å². The van der Waals surface area contributed by atoms with Crippen LogP contribution in [0.1, 0.15) is 32.6 Å². The second-order valence-electron chi connectivity index (χ2n) is 4.76. The van der Waals surface area contributed by atoms with Gasteiger partial charge >= 0.3 is 0 Å². The van der Waals surface area contributed by atoms with Gasteiger partial charge in [0.1, 0.15) is 0 Å². The van der Waals surface area contributed by atoms with Gasteiger partial charge < -0.3 is 10.6 Å². The lowest BCUT2D eigenvalue weighted by Crippen LogP contribution is -2.15. The quantitative estimate of drug-likeness (QED) is 0.868. The lowest BCUT2D eigenvalue weighted by atomic mass is 10.2. The van der Waals surface area contributed by atoms with Crippen LogP contribution in [-0.4, -0.2) is 11.8 Å². The van der Waals surface area contributed by atoms with Gasteiger partial charge in [0.25, 0.3) is 0 Å². The van der Waals surface area contributed by atoms with Crippen molar-refractivity contribution in [3.63, 3.8) is 0 Å². The van der Waals surface area contributed by atoms with Gasteiger partial charge in [0.15, 0.2) is 0 Å². The van der Waals surface area contributed by atoms with Crippen LogP contribution in [-0.2, 0) is 9.59 Å². The van der Waals surface area contributed by atoms with Crippen molar-refractivity contribution in [1.29, 1.82) is 0 Å². The summed E-state index contributed by atoms with van der Waals surface area (Å²) in [5.74, 6) is 0.0811. The second-order valence-corrected chi connectivity index (χ2v) is 5.16. The third-order valence-electron chi connectivity index (χ3n) is 2.93. The van der Waals surface area contributed by atoms with E-state index in [0.29, 0.717) is 22.8 Å².